The number of ether oxygens (including phenoxy) is 2. The van der Waals surface area contributed by atoms with E-state index in [1.165, 1.54) is 0 Å². The van der Waals surface area contributed by atoms with Gasteiger partial charge in [0, 0.05) is 13.5 Å². The second-order valence-corrected chi connectivity index (χ2v) is 6.85. The number of carboxylic acid groups (broad SMARTS) is 2. The van der Waals surface area contributed by atoms with E-state index in [2.05, 4.69) is 21.5 Å². The molecule has 0 radical (unpaired) electrons. The summed E-state index contributed by atoms with van der Waals surface area (Å²) in [7, 11) is 1.09. The number of hydrogen-bond acceptors (Lipinski definition) is 10. The number of aliphatic hydroxyl groups excluding tert-OH is 1. The molecule has 2 aromatic rings. The number of nitrogens with zero attached hydrogens (tertiary/aromatic N) is 4. The highest BCUT2D eigenvalue weighted by atomic mass is 35.5. The molecule has 0 saturated carbocycles. The number of nitrogens with two attached hydrogens (primary N) is 1. The number of methoxy groups -OCH3 is 1. The third-order valence-electron chi connectivity index (χ3n) is 4.69. The van der Waals surface area contributed by atoms with Crippen molar-refractivity contribution in [3.63, 3.8) is 0 Å². The smallest absolute Gasteiger partial charge is 0.348 e. The molecule has 2 heterocycles. The van der Waals surface area contributed by atoms with Crippen LogP contribution in [0.15, 0.2) is 19.0 Å². The maximum Gasteiger partial charge on any atom is 0.348 e. The first-order valence-corrected chi connectivity index (χ1v) is 9.14. The number of anilines is 1. The Morgan fingerprint density at radius 1 is 1.44 bits per heavy atom. The minimum absolute atomic E-state index is 0.0554. The summed E-state index contributed by atoms with van der Waals surface area (Å²) in [5.41, 5.74) is 0.397. The number of aliphatic carboxylic acids is 2. The fourth-order valence-corrected chi connectivity index (χ4v) is 3.05. The molecular weight excluding hydrogens is 450 g/mol. The molecule has 0 aliphatic heterocycles. The number of nitrogen functional groups attached to an aromatic ring is 1. The number of carboxylic acids is 2. The predicted molar refractivity (Wildman–Crippen MR) is 109 cm³/mol. The van der Waals surface area contributed by atoms with Gasteiger partial charge in [-0.15, -0.1) is 13.0 Å². The van der Waals surface area contributed by atoms with Crippen LogP contribution in [0.3, 0.4) is 0 Å². The standard InChI is InChI=1S/C18H20ClN5O8/c1-4-6-18(14(26)27,15(28)29)32-7-9(31-3)17(30,5-2)13(25)24-8-21-10-11(20)22-16(19)23-12(10)24/h2,4,8-9,13,25,30H,1,6-7H2,3H3,(H,26,27)(H,28,29)(H2,20,22,23)/t9-,13-,17-/m1/s1. The van der Waals surface area contributed by atoms with Crippen LogP contribution in [-0.2, 0) is 19.1 Å². The van der Waals surface area contributed by atoms with Crippen molar-refractivity contribution in [2.45, 2.75) is 30.0 Å². The van der Waals surface area contributed by atoms with E-state index in [0.29, 0.717) is 0 Å². The van der Waals surface area contributed by atoms with Gasteiger partial charge in [-0.05, 0) is 11.6 Å². The molecule has 3 atom stereocenters. The Labute approximate surface area is 186 Å². The summed E-state index contributed by atoms with van der Waals surface area (Å²) in [6, 6.07) is 0. The highest BCUT2D eigenvalue weighted by Crippen LogP contribution is 2.31. The minimum atomic E-state index is -2.73. The van der Waals surface area contributed by atoms with Crippen LogP contribution < -0.4 is 5.73 Å². The molecule has 6 N–H and O–H groups in total. The first kappa shape index (κ1) is 25.0. The number of carbonyl (C=O) groups is 2. The van der Waals surface area contributed by atoms with Crippen molar-refractivity contribution in [2.75, 3.05) is 19.5 Å². The van der Waals surface area contributed by atoms with Crippen LogP contribution in [0, 0.1) is 12.3 Å². The average Bonchev–Trinajstić information content (AvgIpc) is 3.15. The number of aliphatic hydroxyl groups is 2. The molecular formula is C18H20ClN5O8. The lowest BCUT2D eigenvalue weighted by Gasteiger charge is -2.36. The van der Waals surface area contributed by atoms with Crippen molar-refractivity contribution in [3.8, 4) is 12.3 Å². The minimum Gasteiger partial charge on any atom is -0.479 e. The third kappa shape index (κ3) is 4.22. The van der Waals surface area contributed by atoms with Crippen molar-refractivity contribution in [1.29, 1.82) is 0 Å². The molecule has 0 unspecified atom stereocenters. The molecule has 14 heteroatoms. The highest BCUT2D eigenvalue weighted by Gasteiger charge is 2.51. The quantitative estimate of drug-likeness (QED) is 0.121. The number of hydrogen-bond donors (Lipinski definition) is 5. The fourth-order valence-electron chi connectivity index (χ4n) is 2.88. The lowest BCUT2D eigenvalue weighted by atomic mass is 9.94. The Kier molecular flexibility index (Phi) is 7.39. The van der Waals surface area contributed by atoms with E-state index in [9.17, 15) is 30.0 Å². The van der Waals surface area contributed by atoms with Crippen molar-refractivity contribution in [2.24, 2.45) is 0 Å². The number of aromatic nitrogens is 4. The summed E-state index contributed by atoms with van der Waals surface area (Å²) >= 11 is 5.79. The second kappa shape index (κ2) is 9.47. The first-order chi connectivity index (χ1) is 15.0. The maximum absolute atomic E-state index is 11.6. The molecule has 13 nitrogen and oxygen atoms in total. The number of imidazole rings is 1. The monoisotopic (exact) mass is 469 g/mol. The van der Waals surface area contributed by atoms with Gasteiger partial charge in [-0.3, -0.25) is 4.57 Å². The third-order valence-corrected chi connectivity index (χ3v) is 4.86. The van der Waals surface area contributed by atoms with Gasteiger partial charge in [-0.1, -0.05) is 12.0 Å². The molecule has 0 amide bonds. The van der Waals surface area contributed by atoms with Crippen molar-refractivity contribution in [3.05, 3.63) is 24.3 Å². The van der Waals surface area contributed by atoms with Crippen molar-refractivity contribution >= 4 is 40.5 Å². The van der Waals surface area contributed by atoms with Gasteiger partial charge in [0.1, 0.15) is 11.6 Å². The van der Waals surface area contributed by atoms with Crippen LogP contribution in [0.5, 0.6) is 0 Å². The van der Waals surface area contributed by atoms with Gasteiger partial charge < -0.3 is 35.6 Å². The maximum atomic E-state index is 11.6. The number of fused-ring (bicyclic) bond motifs is 1. The molecule has 0 aliphatic rings. The molecule has 172 valence electrons. The van der Waals surface area contributed by atoms with Crippen LogP contribution in [0.1, 0.15) is 12.6 Å². The van der Waals surface area contributed by atoms with Gasteiger partial charge >= 0.3 is 11.9 Å². The summed E-state index contributed by atoms with van der Waals surface area (Å²) in [5, 5.41) is 40.5. The lowest BCUT2D eigenvalue weighted by molar-refractivity contribution is -0.202. The predicted octanol–water partition coefficient (Wildman–Crippen LogP) is -0.567. The zero-order valence-electron chi connectivity index (χ0n) is 16.7. The van der Waals surface area contributed by atoms with Crippen molar-refractivity contribution in [1.82, 2.24) is 19.5 Å². The molecule has 32 heavy (non-hydrogen) atoms. The van der Waals surface area contributed by atoms with Crippen LogP contribution in [0.25, 0.3) is 11.2 Å². The summed E-state index contributed by atoms with van der Waals surface area (Å²) in [6.07, 6.45) is 3.34. The second-order valence-electron chi connectivity index (χ2n) is 6.51. The van der Waals surface area contributed by atoms with E-state index in [4.69, 9.17) is 33.2 Å². The number of rotatable bonds is 11. The summed E-state index contributed by atoms with van der Waals surface area (Å²) in [6.45, 7) is 2.48. The molecule has 2 rings (SSSR count). The zero-order chi connectivity index (χ0) is 24.3. The molecule has 0 saturated heterocycles. The highest BCUT2D eigenvalue weighted by molar-refractivity contribution is 6.28. The zero-order valence-corrected chi connectivity index (χ0v) is 17.4. The molecule has 0 spiro atoms. The SMILES string of the molecule is C#C[C@@](O)([C@@H](COC(CC=C)(C(=O)O)C(=O)O)OC)[C@@H](O)n1cnc2c(N)nc(Cl)nc21. The van der Waals surface area contributed by atoms with Gasteiger partial charge in [0.05, 0.1) is 12.9 Å². The summed E-state index contributed by atoms with van der Waals surface area (Å²) < 4.78 is 11.2. The number of terminal acetylenes is 1. The van der Waals surface area contributed by atoms with Crippen molar-refractivity contribution < 1.29 is 39.5 Å². The van der Waals surface area contributed by atoms with Gasteiger partial charge in [0.2, 0.25) is 5.28 Å². The number of halogens is 1. The molecule has 0 fully saturated rings. The van der Waals surface area contributed by atoms with E-state index in [1.807, 2.05) is 5.92 Å². The van der Waals surface area contributed by atoms with Crippen LogP contribution in [0.2, 0.25) is 5.28 Å². The van der Waals surface area contributed by atoms with Crippen LogP contribution >= 0.6 is 11.6 Å². The Morgan fingerprint density at radius 2 is 2.06 bits per heavy atom. The summed E-state index contributed by atoms with van der Waals surface area (Å²) in [5.74, 6) is -1.76. The Bertz CT molecular complexity index is 1070. The van der Waals surface area contributed by atoms with E-state index in [1.54, 1.807) is 0 Å². The lowest BCUT2D eigenvalue weighted by Crippen LogP contribution is -2.55. The fraction of sp³-hybridized carbons (Fsp3) is 0.389. The molecule has 0 aromatic carbocycles. The van der Waals surface area contributed by atoms with Gasteiger partial charge in [-0.2, -0.15) is 9.97 Å². The normalized spacial score (nSPS) is 15.5. The average molecular weight is 470 g/mol. The molecule has 2 aromatic heterocycles. The Morgan fingerprint density at radius 3 is 2.56 bits per heavy atom. The van der Waals surface area contributed by atoms with E-state index in [-0.39, 0.29) is 22.3 Å². The van der Waals surface area contributed by atoms with Gasteiger partial charge in [0.15, 0.2) is 23.3 Å². The Hall–Kier alpha value is -3.28. The molecule has 0 aliphatic carbocycles. The Balaban J connectivity index is 2.45. The van der Waals surface area contributed by atoms with Crippen LogP contribution in [-0.4, -0.2) is 82.9 Å². The largest absolute Gasteiger partial charge is 0.479 e. The van der Waals surface area contributed by atoms with E-state index >= 15 is 0 Å². The van der Waals surface area contributed by atoms with Gasteiger partial charge in [-0.25, -0.2) is 14.6 Å². The van der Waals surface area contributed by atoms with Crippen LogP contribution in [0.4, 0.5) is 5.82 Å². The van der Waals surface area contributed by atoms with Gasteiger partial charge in [0.25, 0.3) is 5.60 Å². The topological polar surface area (TPSA) is 203 Å². The summed E-state index contributed by atoms with van der Waals surface area (Å²) in [4.78, 5) is 34.8. The van der Waals surface area contributed by atoms with E-state index in [0.717, 1.165) is 24.1 Å². The van der Waals surface area contributed by atoms with E-state index < -0.39 is 48.5 Å². The first-order valence-electron chi connectivity index (χ1n) is 8.76. The molecule has 0 bridgehead atoms.